The van der Waals surface area contributed by atoms with Crippen LogP contribution in [0.5, 0.6) is 11.5 Å². The number of likely N-dealkylation sites (tertiary alicyclic amines) is 1. The van der Waals surface area contributed by atoms with E-state index in [1.807, 2.05) is 19.1 Å². The van der Waals surface area contributed by atoms with Crippen molar-refractivity contribution in [3.05, 3.63) is 88.8 Å². The van der Waals surface area contributed by atoms with Gasteiger partial charge < -0.3 is 30.0 Å². The minimum Gasteiger partial charge on any atom is -0.456 e. The molecule has 13 heteroatoms. The summed E-state index contributed by atoms with van der Waals surface area (Å²) in [6.45, 7) is -1.74. The van der Waals surface area contributed by atoms with Crippen molar-refractivity contribution in [3.8, 4) is 11.5 Å². The van der Waals surface area contributed by atoms with Gasteiger partial charge in [-0.2, -0.15) is 8.78 Å². The van der Waals surface area contributed by atoms with Gasteiger partial charge in [0.15, 0.2) is 0 Å². The van der Waals surface area contributed by atoms with E-state index in [1.54, 1.807) is 48.8 Å². The van der Waals surface area contributed by atoms with Crippen molar-refractivity contribution >= 4 is 40.2 Å². The number of halogens is 3. The lowest BCUT2D eigenvalue weighted by Gasteiger charge is -2.24. The number of hydrogen-bond acceptors (Lipinski definition) is 6. The largest absolute Gasteiger partial charge is 0.456 e. The quantitative estimate of drug-likeness (QED) is 0.241. The zero-order valence-corrected chi connectivity index (χ0v) is 23.7. The highest BCUT2D eigenvalue weighted by molar-refractivity contribution is 6.32. The first-order valence-electron chi connectivity index (χ1n) is 13.4. The molecule has 5 rings (SSSR count). The van der Waals surface area contributed by atoms with Gasteiger partial charge >= 0.3 is 6.61 Å². The van der Waals surface area contributed by atoms with Crippen LogP contribution in [-0.4, -0.2) is 64.4 Å². The molecule has 0 bridgehead atoms. The van der Waals surface area contributed by atoms with E-state index in [1.165, 1.54) is 6.07 Å². The number of benzene rings is 2. The van der Waals surface area contributed by atoms with E-state index in [2.05, 4.69) is 25.3 Å². The van der Waals surface area contributed by atoms with Crippen LogP contribution in [0, 0.1) is 6.92 Å². The first-order chi connectivity index (χ1) is 20.7. The normalized spacial score (nSPS) is 16.4. The lowest BCUT2D eigenvalue weighted by atomic mass is 10.1. The van der Waals surface area contributed by atoms with Crippen LogP contribution in [0.15, 0.2) is 67.0 Å². The van der Waals surface area contributed by atoms with Gasteiger partial charge in [0.25, 0.3) is 5.91 Å². The fraction of sp³-hybridized carbons (Fsp3) is 0.267. The Kier molecular flexibility index (Phi) is 9.17. The Hall–Kier alpha value is -4.55. The maximum atomic E-state index is 13.1. The number of nitrogens with zero attached hydrogens (tertiary/aromatic N) is 2. The number of ether oxygens (including phenoxy) is 2. The van der Waals surface area contributed by atoms with Gasteiger partial charge in [-0.1, -0.05) is 23.7 Å². The van der Waals surface area contributed by atoms with Crippen LogP contribution >= 0.6 is 11.6 Å². The maximum absolute atomic E-state index is 13.1. The van der Waals surface area contributed by atoms with Gasteiger partial charge in [0, 0.05) is 47.5 Å². The second-order valence-corrected chi connectivity index (χ2v) is 10.4. The third kappa shape index (κ3) is 7.46. The van der Waals surface area contributed by atoms with E-state index in [0.29, 0.717) is 22.2 Å². The molecule has 0 aliphatic carbocycles. The summed E-state index contributed by atoms with van der Waals surface area (Å²) in [5.74, 6) is -0.941. The third-order valence-corrected chi connectivity index (χ3v) is 7.22. The summed E-state index contributed by atoms with van der Waals surface area (Å²) in [6, 6.07) is 14.2. The fourth-order valence-electron chi connectivity index (χ4n) is 4.87. The Morgan fingerprint density at radius 2 is 1.98 bits per heavy atom. The highest BCUT2D eigenvalue weighted by Gasteiger charge is 2.41. The molecule has 3 amide bonds. The number of pyridine rings is 1. The van der Waals surface area contributed by atoms with Crippen molar-refractivity contribution in [2.24, 2.45) is 0 Å². The molecular formula is C30H28ClF2N5O5. The van der Waals surface area contributed by atoms with Crippen LogP contribution in [0.25, 0.3) is 10.9 Å². The first-order valence-corrected chi connectivity index (χ1v) is 13.8. The summed E-state index contributed by atoms with van der Waals surface area (Å²) in [4.78, 5) is 47.4. The second kappa shape index (κ2) is 13.2. The van der Waals surface area contributed by atoms with E-state index in [4.69, 9.17) is 16.3 Å². The number of fused-ring (bicyclic) bond motifs is 1. The summed E-state index contributed by atoms with van der Waals surface area (Å²) >= 11 is 6.24. The number of aryl methyl sites for hydroxylation is 1. The average molecular weight is 612 g/mol. The molecule has 0 saturated carbocycles. The molecule has 4 aromatic rings. The number of aromatic nitrogens is 2. The Bertz CT molecular complexity index is 1620. The zero-order valence-electron chi connectivity index (χ0n) is 23.0. The highest BCUT2D eigenvalue weighted by atomic mass is 35.5. The first kappa shape index (κ1) is 29.9. The Labute approximate surface area is 250 Å². The van der Waals surface area contributed by atoms with Crippen LogP contribution in [0.1, 0.15) is 28.0 Å². The molecule has 1 fully saturated rings. The van der Waals surface area contributed by atoms with Gasteiger partial charge in [0.05, 0.1) is 24.2 Å². The van der Waals surface area contributed by atoms with Crippen molar-refractivity contribution in [1.29, 1.82) is 0 Å². The molecule has 2 aromatic carbocycles. The predicted octanol–water partition coefficient (Wildman–Crippen LogP) is 4.57. The van der Waals surface area contributed by atoms with Gasteiger partial charge in [-0.15, -0.1) is 0 Å². The van der Waals surface area contributed by atoms with E-state index in [-0.39, 0.29) is 25.1 Å². The van der Waals surface area contributed by atoms with Gasteiger partial charge in [-0.3, -0.25) is 19.4 Å². The highest BCUT2D eigenvalue weighted by Crippen LogP contribution is 2.30. The van der Waals surface area contributed by atoms with Crippen LogP contribution in [-0.2, 0) is 20.9 Å². The molecule has 1 aliphatic rings. The number of carbonyl (C=O) groups excluding carboxylic acids is 3. The van der Waals surface area contributed by atoms with Crippen LogP contribution in [0.4, 0.5) is 8.78 Å². The Balaban J connectivity index is 1.20. The molecule has 0 radical (unpaired) electrons. The molecule has 1 aliphatic heterocycles. The molecule has 0 spiro atoms. The van der Waals surface area contributed by atoms with E-state index >= 15 is 0 Å². The van der Waals surface area contributed by atoms with Gasteiger partial charge in [0.2, 0.25) is 11.8 Å². The lowest BCUT2D eigenvalue weighted by Crippen LogP contribution is -2.49. The van der Waals surface area contributed by atoms with Crippen molar-refractivity contribution in [2.45, 2.75) is 38.6 Å². The number of amides is 3. The zero-order chi connectivity index (χ0) is 30.5. The SMILES string of the molecule is Cc1ccc(Oc2cccc(C(=O)NCC(=O)N3C[C@H](OC(F)F)C[C@H]3C(=O)NCc3cc4cnccc4[nH]3)c2)c(Cl)c1. The van der Waals surface area contributed by atoms with E-state index in [0.717, 1.165) is 21.4 Å². The third-order valence-electron chi connectivity index (χ3n) is 6.92. The van der Waals surface area contributed by atoms with Crippen molar-refractivity contribution in [3.63, 3.8) is 0 Å². The molecule has 0 unspecified atom stereocenters. The Morgan fingerprint density at radius 3 is 2.74 bits per heavy atom. The molecule has 3 N–H and O–H groups in total. The lowest BCUT2D eigenvalue weighted by molar-refractivity contribution is -0.160. The summed E-state index contributed by atoms with van der Waals surface area (Å²) < 4.78 is 36.3. The average Bonchev–Trinajstić information content (AvgIpc) is 3.60. The number of nitrogens with one attached hydrogen (secondary N) is 3. The number of carbonyl (C=O) groups is 3. The molecule has 2 atom stereocenters. The molecular weight excluding hydrogens is 584 g/mol. The molecule has 2 aromatic heterocycles. The number of H-pyrrole nitrogens is 1. The van der Waals surface area contributed by atoms with Crippen LogP contribution < -0.4 is 15.4 Å². The smallest absolute Gasteiger partial charge is 0.345 e. The predicted molar refractivity (Wildman–Crippen MR) is 154 cm³/mol. The molecule has 3 heterocycles. The number of rotatable bonds is 10. The Morgan fingerprint density at radius 1 is 1.14 bits per heavy atom. The summed E-state index contributed by atoms with van der Waals surface area (Å²) in [7, 11) is 0. The standard InChI is InChI=1S/C30H28ClF2N5O5/c1-17-5-6-26(23(31)9-17)42-21-4-2-3-18(11-21)28(40)36-15-27(39)38-16-22(43-30(32)33)12-25(38)29(41)35-14-20-10-19-13-34-8-7-24(19)37-20/h2-11,13,22,25,30,37H,12,14-16H2,1H3,(H,35,41)(H,36,40)/t22-,25+/m1/s1. The van der Waals surface area contributed by atoms with Gasteiger partial charge in [0.1, 0.15) is 17.5 Å². The summed E-state index contributed by atoms with van der Waals surface area (Å²) in [6.07, 6.45) is 2.15. The van der Waals surface area contributed by atoms with Gasteiger partial charge in [-0.05, 0) is 55.0 Å². The second-order valence-electron chi connectivity index (χ2n) is 10.0. The topological polar surface area (TPSA) is 126 Å². The van der Waals surface area contributed by atoms with Crippen LogP contribution in [0.2, 0.25) is 5.02 Å². The minimum atomic E-state index is -3.06. The number of aromatic amines is 1. The molecule has 224 valence electrons. The minimum absolute atomic E-state index is 0.118. The van der Waals surface area contributed by atoms with E-state index in [9.17, 15) is 23.2 Å². The van der Waals surface area contributed by atoms with Crippen molar-refractivity contribution < 1.29 is 32.6 Å². The van der Waals surface area contributed by atoms with Crippen molar-refractivity contribution in [1.82, 2.24) is 25.5 Å². The van der Waals surface area contributed by atoms with Gasteiger partial charge in [-0.25, -0.2) is 0 Å². The molecule has 43 heavy (non-hydrogen) atoms. The maximum Gasteiger partial charge on any atom is 0.345 e. The summed E-state index contributed by atoms with van der Waals surface area (Å²) in [5.41, 5.74) is 2.73. The number of hydrogen-bond donors (Lipinski definition) is 3. The van der Waals surface area contributed by atoms with Crippen molar-refractivity contribution in [2.75, 3.05) is 13.1 Å². The monoisotopic (exact) mass is 611 g/mol. The van der Waals surface area contributed by atoms with Crippen LogP contribution in [0.3, 0.4) is 0 Å². The molecule has 1 saturated heterocycles. The fourth-order valence-corrected chi connectivity index (χ4v) is 5.14. The summed E-state index contributed by atoms with van der Waals surface area (Å²) in [5, 5.41) is 6.55. The number of alkyl halides is 2. The van der Waals surface area contributed by atoms with E-state index < -0.39 is 43.0 Å². The molecule has 10 nitrogen and oxygen atoms in total.